The Morgan fingerprint density at radius 3 is 2.57 bits per heavy atom. The summed E-state index contributed by atoms with van der Waals surface area (Å²) in [5, 5.41) is 17.0. The average Bonchev–Trinajstić information content (AvgIpc) is 3.31. The number of rotatable bonds is 6. The van der Waals surface area contributed by atoms with Crippen LogP contribution in [0.1, 0.15) is 11.1 Å². The first-order valence-electron chi connectivity index (χ1n) is 11.0. The van der Waals surface area contributed by atoms with Gasteiger partial charge in [-0.05, 0) is 43.2 Å². The van der Waals surface area contributed by atoms with Gasteiger partial charge in [-0.1, -0.05) is 41.9 Å². The second-order valence-electron chi connectivity index (χ2n) is 8.09. The maximum absolute atomic E-state index is 15.2. The third-order valence-corrected chi connectivity index (χ3v) is 5.78. The van der Waals surface area contributed by atoms with Crippen LogP contribution in [-0.2, 0) is 0 Å². The third kappa shape index (κ3) is 5.00. The van der Waals surface area contributed by atoms with Crippen molar-refractivity contribution in [2.75, 3.05) is 5.32 Å². The van der Waals surface area contributed by atoms with Crippen LogP contribution < -0.4 is 14.8 Å². The largest absolute Gasteiger partial charge is 0.511 e. The predicted molar refractivity (Wildman–Crippen MR) is 136 cm³/mol. The minimum absolute atomic E-state index is 0.000285. The van der Waals surface area contributed by atoms with Crippen LogP contribution in [0.3, 0.4) is 0 Å². The number of fused-ring (bicyclic) bond motifs is 1. The van der Waals surface area contributed by atoms with Crippen LogP contribution in [0.15, 0.2) is 67.0 Å². The summed E-state index contributed by atoms with van der Waals surface area (Å²) < 4.78 is 27.1. The van der Waals surface area contributed by atoms with E-state index in [1.165, 1.54) is 29.2 Å². The molecular formula is C26H19ClFN5O4. The minimum Gasteiger partial charge on any atom is -0.454 e. The van der Waals surface area contributed by atoms with Gasteiger partial charge in [0.1, 0.15) is 11.6 Å². The van der Waals surface area contributed by atoms with Crippen molar-refractivity contribution in [3.05, 3.63) is 89.0 Å². The highest BCUT2D eigenvalue weighted by Crippen LogP contribution is 2.36. The molecule has 0 bridgehead atoms. The first kappa shape index (κ1) is 24.0. The Bertz CT molecular complexity index is 1640. The van der Waals surface area contributed by atoms with Gasteiger partial charge in [0.05, 0.1) is 28.6 Å². The number of anilines is 2. The van der Waals surface area contributed by atoms with Gasteiger partial charge in [0.25, 0.3) is 5.95 Å². The fourth-order valence-corrected chi connectivity index (χ4v) is 3.91. The zero-order chi connectivity index (χ0) is 26.1. The number of carboxylic acid groups (broad SMARTS) is 1. The van der Waals surface area contributed by atoms with E-state index in [0.717, 1.165) is 11.1 Å². The quantitative estimate of drug-likeness (QED) is 0.235. The molecule has 186 valence electrons. The van der Waals surface area contributed by atoms with E-state index in [1.807, 2.05) is 32.0 Å². The smallest absolute Gasteiger partial charge is 0.454 e. The molecule has 0 fully saturated rings. The number of ether oxygens (including phenoxy) is 2. The van der Waals surface area contributed by atoms with E-state index in [9.17, 15) is 4.79 Å². The van der Waals surface area contributed by atoms with Gasteiger partial charge in [0.2, 0.25) is 0 Å². The molecule has 37 heavy (non-hydrogen) atoms. The van der Waals surface area contributed by atoms with Gasteiger partial charge in [-0.3, -0.25) is 0 Å². The van der Waals surface area contributed by atoms with E-state index in [4.69, 9.17) is 21.4 Å². The normalized spacial score (nSPS) is 10.9. The van der Waals surface area contributed by atoms with Gasteiger partial charge in [0.15, 0.2) is 17.3 Å². The van der Waals surface area contributed by atoms with Crippen LogP contribution >= 0.6 is 11.6 Å². The molecule has 0 aliphatic carbocycles. The predicted octanol–water partition coefficient (Wildman–Crippen LogP) is 6.82. The molecule has 0 saturated carbocycles. The fourth-order valence-electron chi connectivity index (χ4n) is 3.72. The number of aromatic nitrogens is 4. The highest BCUT2D eigenvalue weighted by atomic mass is 35.5. The molecule has 0 radical (unpaired) electrons. The Balaban J connectivity index is 1.65. The molecule has 5 rings (SSSR count). The number of carbonyl (C=O) groups is 1. The van der Waals surface area contributed by atoms with Gasteiger partial charge in [0, 0.05) is 11.5 Å². The van der Waals surface area contributed by atoms with Gasteiger partial charge < -0.3 is 19.9 Å². The van der Waals surface area contributed by atoms with Crippen LogP contribution in [0.2, 0.25) is 5.02 Å². The van der Waals surface area contributed by atoms with E-state index in [0.29, 0.717) is 27.7 Å². The molecular weight excluding hydrogens is 501 g/mol. The molecule has 0 unspecified atom stereocenters. The molecule has 0 aliphatic heterocycles. The zero-order valence-corrected chi connectivity index (χ0v) is 20.3. The molecule has 2 heterocycles. The standard InChI is InChI=1S/C26H19ClFN5O4/c1-14-6-5-7-15(2)23(14)37-22-10-17-21(11-19(22)28)31-25(33-13-16(12-29-33)36-26(34)35)32-24(17)30-20-9-4-3-8-18(20)27/h3-13H,1-2H3,(H,34,35)(H,30,31,32). The lowest BCUT2D eigenvalue weighted by atomic mass is 10.1. The highest BCUT2D eigenvalue weighted by molar-refractivity contribution is 6.33. The Morgan fingerprint density at radius 2 is 1.84 bits per heavy atom. The topological polar surface area (TPSA) is 111 Å². The Kier molecular flexibility index (Phi) is 6.33. The summed E-state index contributed by atoms with van der Waals surface area (Å²) in [5.41, 5.74) is 2.53. The van der Waals surface area contributed by atoms with Crippen LogP contribution in [0.4, 0.5) is 20.7 Å². The molecule has 0 saturated heterocycles. The molecule has 0 amide bonds. The first-order chi connectivity index (χ1) is 17.8. The van der Waals surface area contributed by atoms with Crippen molar-refractivity contribution >= 4 is 40.2 Å². The molecule has 5 aromatic rings. The number of para-hydroxylation sites is 2. The summed E-state index contributed by atoms with van der Waals surface area (Å²) >= 11 is 6.35. The second-order valence-corrected chi connectivity index (χ2v) is 8.50. The van der Waals surface area contributed by atoms with E-state index < -0.39 is 12.0 Å². The van der Waals surface area contributed by atoms with Crippen LogP contribution in [-0.4, -0.2) is 31.0 Å². The van der Waals surface area contributed by atoms with Crippen LogP contribution in [0.5, 0.6) is 17.2 Å². The van der Waals surface area contributed by atoms with E-state index in [2.05, 4.69) is 25.1 Å². The second kappa shape index (κ2) is 9.75. The zero-order valence-electron chi connectivity index (χ0n) is 19.6. The number of benzene rings is 3. The first-order valence-corrected chi connectivity index (χ1v) is 11.4. The Labute approximate surface area is 215 Å². The van der Waals surface area contributed by atoms with Gasteiger partial charge in [-0.15, -0.1) is 0 Å². The van der Waals surface area contributed by atoms with Crippen LogP contribution in [0.25, 0.3) is 16.9 Å². The van der Waals surface area contributed by atoms with Crippen molar-refractivity contribution in [1.29, 1.82) is 0 Å². The molecule has 2 aromatic heterocycles. The van der Waals surface area contributed by atoms with Crippen LogP contribution in [0, 0.1) is 19.7 Å². The minimum atomic E-state index is -1.49. The number of hydrogen-bond donors (Lipinski definition) is 2. The average molecular weight is 520 g/mol. The SMILES string of the molecule is Cc1cccc(C)c1Oc1cc2c(Nc3ccccc3Cl)nc(-n3cc(OC(=O)O)cn3)nc2cc1F. The molecule has 9 nitrogen and oxygen atoms in total. The summed E-state index contributed by atoms with van der Waals surface area (Å²) in [5.74, 6) is 0.251. The van der Waals surface area contributed by atoms with E-state index >= 15 is 4.39 Å². The molecule has 0 atom stereocenters. The maximum Gasteiger partial charge on any atom is 0.511 e. The van der Waals surface area contributed by atoms with Gasteiger partial charge >= 0.3 is 6.16 Å². The summed E-state index contributed by atoms with van der Waals surface area (Å²) in [4.78, 5) is 19.8. The van der Waals surface area contributed by atoms with Crippen molar-refractivity contribution in [1.82, 2.24) is 19.7 Å². The molecule has 0 aliphatic rings. The summed E-state index contributed by atoms with van der Waals surface area (Å²) in [6, 6.07) is 15.5. The van der Waals surface area contributed by atoms with E-state index in [-0.39, 0.29) is 23.0 Å². The summed E-state index contributed by atoms with van der Waals surface area (Å²) in [6.07, 6.45) is 1.01. The van der Waals surface area contributed by atoms with Crippen molar-refractivity contribution in [3.63, 3.8) is 0 Å². The molecule has 11 heteroatoms. The molecule has 0 spiro atoms. The van der Waals surface area contributed by atoms with Crippen molar-refractivity contribution in [2.45, 2.75) is 13.8 Å². The number of nitrogens with zero attached hydrogens (tertiary/aromatic N) is 4. The summed E-state index contributed by atoms with van der Waals surface area (Å²) in [6.45, 7) is 3.76. The number of nitrogens with one attached hydrogen (secondary N) is 1. The maximum atomic E-state index is 15.2. The monoisotopic (exact) mass is 519 g/mol. The summed E-state index contributed by atoms with van der Waals surface area (Å²) in [7, 11) is 0. The lowest BCUT2D eigenvalue weighted by Crippen LogP contribution is -2.06. The Hall–Kier alpha value is -4.70. The molecule has 3 aromatic carbocycles. The van der Waals surface area contributed by atoms with Gasteiger partial charge in [-0.2, -0.15) is 10.1 Å². The van der Waals surface area contributed by atoms with E-state index in [1.54, 1.807) is 24.3 Å². The number of aryl methyl sites for hydroxylation is 2. The van der Waals surface area contributed by atoms with Crippen molar-refractivity contribution < 1.29 is 23.8 Å². The lowest BCUT2D eigenvalue weighted by Gasteiger charge is -2.15. The number of halogens is 2. The fraction of sp³-hybridized carbons (Fsp3) is 0.0769. The van der Waals surface area contributed by atoms with Gasteiger partial charge in [-0.25, -0.2) is 18.9 Å². The van der Waals surface area contributed by atoms with Crippen molar-refractivity contribution in [2.24, 2.45) is 0 Å². The lowest BCUT2D eigenvalue weighted by molar-refractivity contribution is 0.144. The van der Waals surface area contributed by atoms with Crippen molar-refractivity contribution in [3.8, 4) is 23.2 Å². The Morgan fingerprint density at radius 1 is 1.08 bits per heavy atom. The third-order valence-electron chi connectivity index (χ3n) is 5.45. The highest BCUT2D eigenvalue weighted by Gasteiger charge is 2.18. The molecule has 2 N–H and O–H groups in total. The number of hydrogen-bond acceptors (Lipinski definition) is 7.